The van der Waals surface area contributed by atoms with E-state index in [1.165, 1.54) is 15.3 Å². The lowest BCUT2D eigenvalue weighted by Gasteiger charge is -2.29. The van der Waals surface area contributed by atoms with E-state index in [-0.39, 0.29) is 24.3 Å². The molecule has 0 saturated heterocycles. The number of nitrogens with zero attached hydrogens (tertiary/aromatic N) is 2. The van der Waals surface area contributed by atoms with Crippen molar-refractivity contribution in [2.45, 2.75) is 38.6 Å². The van der Waals surface area contributed by atoms with E-state index >= 15 is 0 Å². The average molecular weight is 539 g/mol. The van der Waals surface area contributed by atoms with Gasteiger partial charge in [-0.3, -0.25) is 8.53 Å². The highest BCUT2D eigenvalue weighted by Gasteiger charge is 2.27. The number of ether oxygens (including phenoxy) is 1. The van der Waals surface area contributed by atoms with Crippen molar-refractivity contribution in [1.29, 1.82) is 0 Å². The molecule has 1 aliphatic carbocycles. The quantitative estimate of drug-likeness (QED) is 0.310. The van der Waals surface area contributed by atoms with Gasteiger partial charge >= 0.3 is 5.97 Å². The van der Waals surface area contributed by atoms with Crippen LogP contribution in [0, 0.1) is 5.92 Å². The van der Waals surface area contributed by atoms with Crippen LogP contribution in [0.3, 0.4) is 0 Å². The van der Waals surface area contributed by atoms with Gasteiger partial charge in [-0.05, 0) is 44.6 Å². The van der Waals surface area contributed by atoms with Crippen molar-refractivity contribution in [2.75, 3.05) is 17.7 Å². The monoisotopic (exact) mass is 539 g/mol. The molecular formula is C17H22IN3O5S2. The summed E-state index contributed by atoms with van der Waals surface area (Å²) in [7, 11) is -2.46. The average Bonchev–Trinajstić information content (AvgIpc) is 3.06. The minimum absolute atomic E-state index is 0.0356. The predicted molar refractivity (Wildman–Crippen MR) is 118 cm³/mol. The van der Waals surface area contributed by atoms with E-state index in [1.54, 1.807) is 6.92 Å². The summed E-state index contributed by atoms with van der Waals surface area (Å²) in [6, 6.07) is 2.02. The standard InChI is InChI=1S/C17H22IN3O5S2/c1-2-26-17(22)14-9-19-16-13(7-8-21(16)27-18)15(14)20-12-5-3-11(4-6-12)10-28(23,24)25/h7-9,11-12H,2-6,10H2,1H3,(H,19,20)(H,23,24,25)/t11-,12-. The number of hydrogen-bond acceptors (Lipinski definition) is 7. The molecule has 0 atom stereocenters. The maximum atomic E-state index is 12.4. The van der Waals surface area contributed by atoms with E-state index in [2.05, 4.69) is 31.5 Å². The molecule has 0 aliphatic heterocycles. The minimum Gasteiger partial charge on any atom is -0.462 e. The van der Waals surface area contributed by atoms with Gasteiger partial charge in [0.2, 0.25) is 0 Å². The first-order valence-electron chi connectivity index (χ1n) is 9.00. The lowest BCUT2D eigenvalue weighted by atomic mass is 9.87. The topological polar surface area (TPSA) is 111 Å². The van der Waals surface area contributed by atoms with Crippen LogP contribution < -0.4 is 5.32 Å². The summed E-state index contributed by atoms with van der Waals surface area (Å²) in [5, 5.41) is 4.32. The van der Waals surface area contributed by atoms with Gasteiger partial charge in [0.05, 0.1) is 18.0 Å². The number of nitrogens with one attached hydrogen (secondary N) is 1. The predicted octanol–water partition coefficient (Wildman–Crippen LogP) is 3.92. The Bertz CT molecular complexity index is 955. The number of hydrogen-bond donors (Lipinski definition) is 2. The molecular weight excluding hydrogens is 517 g/mol. The molecule has 2 heterocycles. The van der Waals surface area contributed by atoms with Gasteiger partial charge in [-0.25, -0.2) is 9.78 Å². The van der Waals surface area contributed by atoms with E-state index in [0.717, 1.165) is 23.9 Å². The number of aromatic nitrogens is 2. The van der Waals surface area contributed by atoms with Gasteiger partial charge in [0.25, 0.3) is 10.1 Å². The van der Waals surface area contributed by atoms with Gasteiger partial charge in [-0.15, -0.1) is 0 Å². The summed E-state index contributed by atoms with van der Waals surface area (Å²) in [5.41, 5.74) is 1.85. The fraction of sp³-hybridized carbons (Fsp3) is 0.529. The van der Waals surface area contributed by atoms with Crippen molar-refractivity contribution < 1.29 is 22.5 Å². The molecule has 0 unspecified atom stereocenters. The van der Waals surface area contributed by atoms with E-state index in [0.29, 0.717) is 24.1 Å². The van der Waals surface area contributed by atoms with Gasteiger partial charge in [0, 0.05) is 54.1 Å². The SMILES string of the molecule is CCOC(=O)c1cnc2c(ccn2SI)c1N[C@H]1CC[C@H](CS(=O)(=O)O)CC1. The largest absolute Gasteiger partial charge is 0.462 e. The fourth-order valence-corrected chi connectivity index (χ4v) is 5.81. The summed E-state index contributed by atoms with van der Waals surface area (Å²) in [6.07, 6.45) is 6.35. The van der Waals surface area contributed by atoms with Gasteiger partial charge in [-0.2, -0.15) is 8.42 Å². The zero-order chi connectivity index (χ0) is 20.3. The van der Waals surface area contributed by atoms with Crippen LogP contribution in [0.5, 0.6) is 0 Å². The van der Waals surface area contributed by atoms with Crippen LogP contribution >= 0.6 is 30.3 Å². The first-order chi connectivity index (χ1) is 13.3. The first-order valence-corrected chi connectivity index (χ1v) is 13.9. The Hall–Kier alpha value is -1.05. The van der Waals surface area contributed by atoms with E-state index in [1.807, 2.05) is 16.2 Å². The molecule has 0 amide bonds. The zero-order valence-electron chi connectivity index (χ0n) is 15.3. The van der Waals surface area contributed by atoms with Crippen LogP contribution in [0.1, 0.15) is 43.0 Å². The van der Waals surface area contributed by atoms with E-state index in [4.69, 9.17) is 9.29 Å². The van der Waals surface area contributed by atoms with Crippen molar-refractivity contribution >= 4 is 63.1 Å². The van der Waals surface area contributed by atoms with Crippen LogP contribution in [0.15, 0.2) is 18.5 Å². The Labute approximate surface area is 180 Å². The summed E-state index contributed by atoms with van der Waals surface area (Å²) in [5.74, 6) is -0.649. The van der Waals surface area contributed by atoms with Crippen molar-refractivity contribution in [3.8, 4) is 0 Å². The van der Waals surface area contributed by atoms with Crippen molar-refractivity contribution in [3.63, 3.8) is 0 Å². The summed E-state index contributed by atoms with van der Waals surface area (Å²) < 4.78 is 38.4. The number of carbonyl (C=O) groups is 1. The van der Waals surface area contributed by atoms with Gasteiger partial charge in [-0.1, -0.05) is 0 Å². The Kier molecular flexibility index (Phi) is 7.10. The molecule has 2 aromatic rings. The molecule has 2 N–H and O–H groups in total. The number of pyridine rings is 1. The summed E-state index contributed by atoms with van der Waals surface area (Å²) >= 11 is 2.17. The van der Waals surface area contributed by atoms with Gasteiger partial charge < -0.3 is 10.1 Å². The number of halogens is 1. The zero-order valence-corrected chi connectivity index (χ0v) is 19.1. The number of esters is 1. The maximum absolute atomic E-state index is 12.4. The second-order valence-electron chi connectivity index (χ2n) is 6.83. The first kappa shape index (κ1) is 21.7. The third-order valence-corrected chi connectivity index (χ3v) is 7.50. The molecule has 0 spiro atoms. The number of carbonyl (C=O) groups excluding carboxylic acids is 1. The number of rotatable bonds is 7. The highest BCUT2D eigenvalue weighted by atomic mass is 127. The molecule has 0 bridgehead atoms. The number of fused-ring (bicyclic) bond motifs is 1. The lowest BCUT2D eigenvalue weighted by Crippen LogP contribution is -2.29. The summed E-state index contributed by atoms with van der Waals surface area (Å²) in [6.45, 7) is 2.04. The molecule has 1 fully saturated rings. The molecule has 2 aromatic heterocycles. The van der Waals surface area contributed by atoms with Crippen molar-refractivity contribution in [3.05, 3.63) is 24.0 Å². The Morgan fingerprint density at radius 3 is 2.75 bits per heavy atom. The van der Waals surface area contributed by atoms with Gasteiger partial charge in [0.1, 0.15) is 5.56 Å². The molecule has 0 radical (unpaired) electrons. The van der Waals surface area contributed by atoms with E-state index in [9.17, 15) is 13.2 Å². The van der Waals surface area contributed by atoms with E-state index < -0.39 is 16.1 Å². The van der Waals surface area contributed by atoms with Crippen molar-refractivity contribution in [1.82, 2.24) is 8.96 Å². The molecule has 11 heteroatoms. The third-order valence-electron chi connectivity index (χ3n) is 4.89. The Balaban J connectivity index is 1.84. The molecule has 3 rings (SSSR count). The smallest absolute Gasteiger partial charge is 0.341 e. The Morgan fingerprint density at radius 2 is 2.14 bits per heavy atom. The highest BCUT2D eigenvalue weighted by molar-refractivity contribution is 14.2. The van der Waals surface area contributed by atoms with Gasteiger partial charge in [0.15, 0.2) is 5.65 Å². The van der Waals surface area contributed by atoms with Crippen LogP contribution in [0.25, 0.3) is 11.0 Å². The van der Waals surface area contributed by atoms with Crippen LogP contribution in [0.4, 0.5) is 5.69 Å². The molecule has 1 aliphatic rings. The summed E-state index contributed by atoms with van der Waals surface area (Å²) in [4.78, 5) is 16.8. The third kappa shape index (κ3) is 5.10. The molecule has 154 valence electrons. The molecule has 1 saturated carbocycles. The van der Waals surface area contributed by atoms with Crippen LogP contribution in [-0.2, 0) is 14.9 Å². The molecule has 28 heavy (non-hydrogen) atoms. The molecule has 0 aromatic carbocycles. The maximum Gasteiger partial charge on any atom is 0.341 e. The number of anilines is 1. The second kappa shape index (κ2) is 9.18. The Morgan fingerprint density at radius 1 is 1.43 bits per heavy atom. The fourth-order valence-electron chi connectivity index (χ4n) is 3.61. The second-order valence-corrected chi connectivity index (χ2v) is 10.0. The van der Waals surface area contributed by atoms with Crippen molar-refractivity contribution in [2.24, 2.45) is 5.92 Å². The minimum atomic E-state index is -3.95. The lowest BCUT2D eigenvalue weighted by molar-refractivity contribution is 0.0527. The van der Waals surface area contributed by atoms with Crippen LogP contribution in [0.2, 0.25) is 0 Å². The normalized spacial score (nSPS) is 20.2. The highest BCUT2D eigenvalue weighted by Crippen LogP contribution is 2.34. The van der Waals surface area contributed by atoms with Crippen LogP contribution in [-0.4, -0.2) is 46.3 Å². The molecule has 8 nitrogen and oxygen atoms in total.